The Labute approximate surface area is 157 Å². The largest absolute Gasteiger partial charge is 0.493 e. The average molecular weight is 377 g/mol. The van der Waals surface area contributed by atoms with Gasteiger partial charge in [0.2, 0.25) is 11.8 Å². The standard InChI is InChI=1S/C19H21ClN2O4/c1-13(23)22(11-14-4-6-15(20)7-5-14)12-19(24)21-16-8-9-17(25-2)18(10-16)26-3/h4-10H,11-12H2,1-3H3,(H,21,24). The van der Waals surface area contributed by atoms with Crippen LogP contribution >= 0.6 is 11.6 Å². The summed E-state index contributed by atoms with van der Waals surface area (Å²) in [7, 11) is 3.06. The lowest BCUT2D eigenvalue weighted by Crippen LogP contribution is -2.36. The molecule has 0 radical (unpaired) electrons. The summed E-state index contributed by atoms with van der Waals surface area (Å²) in [5, 5.41) is 3.38. The first-order chi connectivity index (χ1) is 12.4. The molecule has 2 rings (SSSR count). The van der Waals surface area contributed by atoms with Crippen molar-refractivity contribution in [1.29, 1.82) is 0 Å². The summed E-state index contributed by atoms with van der Waals surface area (Å²) in [5.41, 5.74) is 1.45. The van der Waals surface area contributed by atoms with E-state index in [1.165, 1.54) is 26.0 Å². The molecular formula is C19H21ClN2O4. The molecule has 7 heteroatoms. The van der Waals surface area contributed by atoms with Gasteiger partial charge in [0.1, 0.15) is 6.54 Å². The van der Waals surface area contributed by atoms with E-state index in [1.807, 2.05) is 12.1 Å². The minimum absolute atomic E-state index is 0.0632. The van der Waals surface area contributed by atoms with E-state index in [-0.39, 0.29) is 18.4 Å². The minimum atomic E-state index is -0.304. The minimum Gasteiger partial charge on any atom is -0.493 e. The van der Waals surface area contributed by atoms with Gasteiger partial charge in [-0.3, -0.25) is 9.59 Å². The van der Waals surface area contributed by atoms with Gasteiger partial charge in [0.25, 0.3) is 0 Å². The molecule has 1 N–H and O–H groups in total. The van der Waals surface area contributed by atoms with Crippen molar-refractivity contribution in [2.24, 2.45) is 0 Å². The van der Waals surface area contributed by atoms with Crippen LogP contribution in [0.1, 0.15) is 12.5 Å². The van der Waals surface area contributed by atoms with Crippen LogP contribution in [0.4, 0.5) is 5.69 Å². The Morgan fingerprint density at radius 2 is 1.69 bits per heavy atom. The van der Waals surface area contributed by atoms with E-state index in [1.54, 1.807) is 30.3 Å². The number of nitrogens with zero attached hydrogens (tertiary/aromatic N) is 1. The topological polar surface area (TPSA) is 67.9 Å². The second-order valence-electron chi connectivity index (χ2n) is 5.62. The summed E-state index contributed by atoms with van der Waals surface area (Å²) in [6, 6.07) is 12.2. The molecule has 0 heterocycles. The molecule has 0 atom stereocenters. The lowest BCUT2D eigenvalue weighted by atomic mass is 10.2. The van der Waals surface area contributed by atoms with E-state index in [0.717, 1.165) is 5.56 Å². The third-order valence-corrected chi connectivity index (χ3v) is 3.99. The van der Waals surface area contributed by atoms with Gasteiger partial charge in [0, 0.05) is 30.2 Å². The summed E-state index contributed by atoms with van der Waals surface area (Å²) in [6.45, 7) is 1.69. The number of nitrogens with one attached hydrogen (secondary N) is 1. The fraction of sp³-hybridized carbons (Fsp3) is 0.263. The molecule has 0 saturated carbocycles. The Bertz CT molecular complexity index is 778. The van der Waals surface area contributed by atoms with Crippen molar-refractivity contribution >= 4 is 29.1 Å². The number of hydrogen-bond donors (Lipinski definition) is 1. The van der Waals surface area contributed by atoms with Gasteiger partial charge < -0.3 is 19.7 Å². The van der Waals surface area contributed by atoms with Gasteiger partial charge in [-0.15, -0.1) is 0 Å². The fourth-order valence-electron chi connectivity index (χ4n) is 2.38. The van der Waals surface area contributed by atoms with Gasteiger partial charge in [0.05, 0.1) is 14.2 Å². The van der Waals surface area contributed by atoms with Crippen LogP contribution in [0, 0.1) is 0 Å². The molecular weight excluding hydrogens is 356 g/mol. The Kier molecular flexibility index (Phi) is 6.86. The second-order valence-corrected chi connectivity index (χ2v) is 6.06. The molecule has 2 aromatic rings. The van der Waals surface area contributed by atoms with Crippen molar-refractivity contribution in [2.75, 3.05) is 26.1 Å². The van der Waals surface area contributed by atoms with Crippen molar-refractivity contribution in [1.82, 2.24) is 4.90 Å². The van der Waals surface area contributed by atoms with Gasteiger partial charge in [0.15, 0.2) is 11.5 Å². The maximum atomic E-state index is 12.3. The zero-order chi connectivity index (χ0) is 19.1. The molecule has 0 aliphatic carbocycles. The smallest absolute Gasteiger partial charge is 0.244 e. The molecule has 138 valence electrons. The lowest BCUT2D eigenvalue weighted by Gasteiger charge is -2.21. The van der Waals surface area contributed by atoms with Crippen LogP contribution in [0.3, 0.4) is 0 Å². The molecule has 0 unspecified atom stereocenters. The third-order valence-electron chi connectivity index (χ3n) is 3.73. The molecule has 0 aliphatic rings. The predicted octanol–water partition coefficient (Wildman–Crippen LogP) is 3.34. The number of ether oxygens (including phenoxy) is 2. The highest BCUT2D eigenvalue weighted by Gasteiger charge is 2.15. The van der Waals surface area contributed by atoms with Gasteiger partial charge in [-0.05, 0) is 29.8 Å². The average Bonchev–Trinajstić information content (AvgIpc) is 2.62. The van der Waals surface area contributed by atoms with Crippen molar-refractivity contribution in [3.8, 4) is 11.5 Å². The SMILES string of the molecule is COc1ccc(NC(=O)CN(Cc2ccc(Cl)cc2)C(C)=O)cc1OC. The Balaban J connectivity index is 2.03. The van der Waals surface area contributed by atoms with Crippen LogP contribution < -0.4 is 14.8 Å². The monoisotopic (exact) mass is 376 g/mol. The maximum absolute atomic E-state index is 12.3. The molecule has 2 amide bonds. The Morgan fingerprint density at radius 3 is 2.27 bits per heavy atom. The zero-order valence-corrected chi connectivity index (χ0v) is 15.7. The highest BCUT2D eigenvalue weighted by Crippen LogP contribution is 2.29. The first-order valence-electron chi connectivity index (χ1n) is 7.94. The first kappa shape index (κ1) is 19.6. The van der Waals surface area contributed by atoms with Gasteiger partial charge in [-0.2, -0.15) is 0 Å². The maximum Gasteiger partial charge on any atom is 0.244 e. The molecule has 6 nitrogen and oxygen atoms in total. The number of benzene rings is 2. The zero-order valence-electron chi connectivity index (χ0n) is 14.9. The van der Waals surface area contributed by atoms with Crippen molar-refractivity contribution in [3.05, 3.63) is 53.1 Å². The predicted molar refractivity (Wildman–Crippen MR) is 101 cm³/mol. The summed E-state index contributed by atoms with van der Waals surface area (Å²) in [6.07, 6.45) is 0. The number of hydrogen-bond acceptors (Lipinski definition) is 4. The van der Waals surface area contributed by atoms with E-state index in [9.17, 15) is 9.59 Å². The van der Waals surface area contributed by atoms with Crippen molar-refractivity contribution in [2.45, 2.75) is 13.5 Å². The van der Waals surface area contributed by atoms with E-state index < -0.39 is 0 Å². The van der Waals surface area contributed by atoms with Gasteiger partial charge in [-0.25, -0.2) is 0 Å². The number of halogens is 1. The lowest BCUT2D eigenvalue weighted by molar-refractivity contribution is -0.133. The van der Waals surface area contributed by atoms with E-state index in [2.05, 4.69) is 5.32 Å². The first-order valence-corrected chi connectivity index (χ1v) is 8.32. The molecule has 0 bridgehead atoms. The molecule has 0 aliphatic heterocycles. The highest BCUT2D eigenvalue weighted by molar-refractivity contribution is 6.30. The molecule has 26 heavy (non-hydrogen) atoms. The van der Waals surface area contributed by atoms with E-state index in [0.29, 0.717) is 28.8 Å². The van der Waals surface area contributed by atoms with E-state index >= 15 is 0 Å². The Morgan fingerprint density at radius 1 is 1.04 bits per heavy atom. The third kappa shape index (κ3) is 5.39. The Hall–Kier alpha value is -2.73. The van der Waals surface area contributed by atoms with Crippen LogP contribution in [-0.4, -0.2) is 37.5 Å². The molecule has 0 fully saturated rings. The number of methoxy groups -OCH3 is 2. The van der Waals surface area contributed by atoms with Crippen LogP contribution in [0.15, 0.2) is 42.5 Å². The molecule has 0 aromatic heterocycles. The number of carbonyl (C=O) groups is 2. The summed E-state index contributed by atoms with van der Waals surface area (Å²) < 4.78 is 10.4. The summed E-state index contributed by atoms with van der Waals surface area (Å²) in [4.78, 5) is 25.7. The van der Waals surface area contributed by atoms with Crippen molar-refractivity contribution in [3.63, 3.8) is 0 Å². The molecule has 0 saturated heterocycles. The number of rotatable bonds is 7. The number of anilines is 1. The van der Waals surface area contributed by atoms with Crippen LogP contribution in [0.2, 0.25) is 5.02 Å². The quantitative estimate of drug-likeness (QED) is 0.804. The number of carbonyl (C=O) groups excluding carboxylic acids is 2. The van der Waals surface area contributed by atoms with E-state index in [4.69, 9.17) is 21.1 Å². The van der Waals surface area contributed by atoms with Crippen LogP contribution in [0.25, 0.3) is 0 Å². The van der Waals surface area contributed by atoms with Crippen LogP contribution in [0.5, 0.6) is 11.5 Å². The molecule has 0 spiro atoms. The van der Waals surface area contributed by atoms with Crippen molar-refractivity contribution < 1.29 is 19.1 Å². The summed E-state index contributed by atoms with van der Waals surface area (Å²) >= 11 is 5.87. The number of amides is 2. The van der Waals surface area contributed by atoms with Gasteiger partial charge in [-0.1, -0.05) is 23.7 Å². The second kappa shape index (κ2) is 9.10. The molecule has 2 aromatic carbocycles. The van der Waals surface area contributed by atoms with Crippen LogP contribution in [-0.2, 0) is 16.1 Å². The normalized spacial score (nSPS) is 10.2. The highest BCUT2D eigenvalue weighted by atomic mass is 35.5. The van der Waals surface area contributed by atoms with Gasteiger partial charge >= 0.3 is 0 Å². The fourth-order valence-corrected chi connectivity index (χ4v) is 2.50. The summed E-state index contributed by atoms with van der Waals surface area (Å²) in [5.74, 6) is 0.581.